The van der Waals surface area contributed by atoms with Crippen LogP contribution >= 0.6 is 0 Å². The van der Waals surface area contributed by atoms with Crippen LogP contribution in [0.3, 0.4) is 0 Å². The zero-order valence-electron chi connectivity index (χ0n) is 17.6. The Morgan fingerprint density at radius 3 is 2.41 bits per heavy atom. The molecule has 1 heterocycles. The van der Waals surface area contributed by atoms with Crippen LogP contribution in [-0.2, 0) is 9.53 Å². The Morgan fingerprint density at radius 2 is 1.76 bits per heavy atom. The lowest BCUT2D eigenvalue weighted by Crippen LogP contribution is -2.26. The van der Waals surface area contributed by atoms with Crippen molar-refractivity contribution in [3.8, 4) is 5.69 Å². The number of hydrogen-bond donors (Lipinski definition) is 1. The molecule has 150 valence electrons. The molecule has 1 aromatic heterocycles. The molecule has 0 bridgehead atoms. The van der Waals surface area contributed by atoms with E-state index in [1.54, 1.807) is 6.21 Å². The summed E-state index contributed by atoms with van der Waals surface area (Å²) in [4.78, 5) is 12.5. The van der Waals surface area contributed by atoms with E-state index in [0.29, 0.717) is 0 Å². The number of carbonyl (C=O) groups is 1. The summed E-state index contributed by atoms with van der Waals surface area (Å²) >= 11 is 0. The Morgan fingerprint density at radius 1 is 1.03 bits per heavy atom. The molecule has 0 fully saturated rings. The lowest BCUT2D eigenvalue weighted by atomic mass is 10.1. The highest BCUT2D eigenvalue weighted by Gasteiger charge is 2.19. The summed E-state index contributed by atoms with van der Waals surface area (Å²) in [5.74, 6) is -0.307. The van der Waals surface area contributed by atoms with Gasteiger partial charge in [0.2, 0.25) is 0 Å². The van der Waals surface area contributed by atoms with Gasteiger partial charge in [-0.1, -0.05) is 36.4 Å². The van der Waals surface area contributed by atoms with Gasteiger partial charge in [-0.25, -0.2) is 5.43 Å². The number of ether oxygens (including phenoxy) is 1. The molecule has 1 N–H and O–H groups in total. The first-order chi connectivity index (χ1) is 13.9. The molecule has 3 aromatic rings. The Bertz CT molecular complexity index is 1040. The van der Waals surface area contributed by atoms with Crippen LogP contribution in [-0.4, -0.2) is 23.8 Å². The molecule has 29 heavy (non-hydrogen) atoms. The van der Waals surface area contributed by atoms with Gasteiger partial charge in [-0.05, 0) is 62.6 Å². The van der Waals surface area contributed by atoms with E-state index in [2.05, 4.69) is 60.1 Å². The average Bonchev–Trinajstić information content (AvgIpc) is 2.99. The van der Waals surface area contributed by atoms with E-state index in [4.69, 9.17) is 4.74 Å². The third kappa shape index (κ3) is 4.46. The number of carbonyl (C=O) groups excluding carboxylic acids is 1. The number of aromatic nitrogens is 1. The second-order valence-corrected chi connectivity index (χ2v) is 7.19. The number of nitrogens with one attached hydrogen (secondary N) is 1. The van der Waals surface area contributed by atoms with Crippen LogP contribution in [0.5, 0.6) is 0 Å². The fourth-order valence-electron chi connectivity index (χ4n) is 3.43. The van der Waals surface area contributed by atoms with Crippen LogP contribution in [0, 0.1) is 27.7 Å². The van der Waals surface area contributed by atoms with Gasteiger partial charge in [0.05, 0.1) is 6.21 Å². The lowest BCUT2D eigenvalue weighted by Gasteiger charge is -2.13. The number of amides is 1. The Hall–Kier alpha value is -3.18. The summed E-state index contributed by atoms with van der Waals surface area (Å²) in [5.41, 5.74) is 10.1. The van der Waals surface area contributed by atoms with E-state index in [9.17, 15) is 4.79 Å². The van der Waals surface area contributed by atoms with E-state index in [1.807, 2.05) is 37.3 Å². The molecule has 0 saturated carbocycles. The maximum atomic E-state index is 12.5. The topological polar surface area (TPSA) is 55.6 Å². The molecule has 0 radical (unpaired) electrons. The number of hydrazone groups is 1. The Balaban J connectivity index is 1.77. The lowest BCUT2D eigenvalue weighted by molar-refractivity contribution is -0.131. The fraction of sp³-hybridized carbons (Fsp3) is 0.250. The van der Waals surface area contributed by atoms with Crippen LogP contribution in [0.4, 0.5) is 0 Å². The molecule has 0 saturated heterocycles. The summed E-state index contributed by atoms with van der Waals surface area (Å²) in [6.45, 7) is 8.34. The van der Waals surface area contributed by atoms with Crippen molar-refractivity contribution in [2.24, 2.45) is 5.10 Å². The third-order valence-corrected chi connectivity index (χ3v) is 5.17. The first-order valence-corrected chi connectivity index (χ1v) is 9.59. The normalized spacial score (nSPS) is 12.3. The zero-order valence-corrected chi connectivity index (χ0v) is 17.6. The van der Waals surface area contributed by atoms with Gasteiger partial charge in [0.15, 0.2) is 6.10 Å². The summed E-state index contributed by atoms with van der Waals surface area (Å²) in [7, 11) is 1.51. The van der Waals surface area contributed by atoms with Crippen molar-refractivity contribution in [3.63, 3.8) is 0 Å². The summed E-state index contributed by atoms with van der Waals surface area (Å²) < 4.78 is 7.53. The average molecular weight is 389 g/mol. The zero-order chi connectivity index (χ0) is 21.0. The van der Waals surface area contributed by atoms with Crippen LogP contribution in [0.2, 0.25) is 0 Å². The molecule has 5 heteroatoms. The predicted octanol–water partition coefficient (Wildman–Crippen LogP) is 4.55. The van der Waals surface area contributed by atoms with E-state index < -0.39 is 6.10 Å². The van der Waals surface area contributed by atoms with E-state index in [1.165, 1.54) is 18.2 Å². The number of hydrogen-bond acceptors (Lipinski definition) is 3. The number of methoxy groups -OCH3 is 1. The first-order valence-electron chi connectivity index (χ1n) is 9.59. The molecule has 3 rings (SSSR count). The maximum absolute atomic E-state index is 12.5. The van der Waals surface area contributed by atoms with E-state index in [-0.39, 0.29) is 5.91 Å². The summed E-state index contributed by atoms with van der Waals surface area (Å²) in [6, 6.07) is 17.9. The van der Waals surface area contributed by atoms with Gasteiger partial charge in [0, 0.05) is 29.7 Å². The van der Waals surface area contributed by atoms with Gasteiger partial charge in [-0.15, -0.1) is 0 Å². The van der Waals surface area contributed by atoms with Crippen LogP contribution in [0.15, 0.2) is 59.7 Å². The molecule has 0 spiro atoms. The minimum Gasteiger partial charge on any atom is -0.367 e. The maximum Gasteiger partial charge on any atom is 0.273 e. The Labute approximate surface area is 172 Å². The van der Waals surface area contributed by atoms with Crippen molar-refractivity contribution >= 4 is 12.1 Å². The standard InChI is InChI=1S/C24H27N3O2/c1-16-11-12-22(13-17(16)2)27-18(3)14-21(19(27)4)15-25-26-24(28)23(29-5)20-9-7-6-8-10-20/h6-15,23H,1-5H3,(H,26,28)/b25-15-/t23-/m0/s1. The number of nitrogens with zero attached hydrogens (tertiary/aromatic N) is 2. The van der Waals surface area contributed by atoms with Crippen molar-refractivity contribution in [1.29, 1.82) is 0 Å². The molecule has 5 nitrogen and oxygen atoms in total. The third-order valence-electron chi connectivity index (χ3n) is 5.17. The molecule has 1 amide bonds. The molecule has 2 aromatic carbocycles. The van der Waals surface area contributed by atoms with Gasteiger partial charge >= 0.3 is 0 Å². The van der Waals surface area contributed by atoms with Crippen LogP contribution in [0.1, 0.15) is 39.7 Å². The smallest absolute Gasteiger partial charge is 0.273 e. The van der Waals surface area contributed by atoms with Gasteiger partial charge in [0.25, 0.3) is 5.91 Å². The van der Waals surface area contributed by atoms with Gasteiger partial charge < -0.3 is 9.30 Å². The predicted molar refractivity (Wildman–Crippen MR) is 117 cm³/mol. The van der Waals surface area contributed by atoms with Crippen molar-refractivity contribution in [3.05, 3.63) is 88.2 Å². The molecular formula is C24H27N3O2. The quantitative estimate of drug-likeness (QED) is 0.497. The van der Waals surface area contributed by atoms with Crippen molar-refractivity contribution in [2.75, 3.05) is 7.11 Å². The molecular weight excluding hydrogens is 362 g/mol. The minimum absolute atomic E-state index is 0.307. The highest BCUT2D eigenvalue weighted by Crippen LogP contribution is 2.22. The van der Waals surface area contributed by atoms with Gasteiger partial charge in [-0.3, -0.25) is 4.79 Å². The molecule has 1 atom stereocenters. The molecule has 0 aliphatic carbocycles. The molecule has 0 aliphatic heterocycles. The number of benzene rings is 2. The highest BCUT2D eigenvalue weighted by molar-refractivity contribution is 5.86. The second-order valence-electron chi connectivity index (χ2n) is 7.19. The fourth-order valence-corrected chi connectivity index (χ4v) is 3.43. The van der Waals surface area contributed by atoms with Gasteiger partial charge in [-0.2, -0.15) is 5.10 Å². The van der Waals surface area contributed by atoms with Crippen LogP contribution < -0.4 is 5.43 Å². The summed E-state index contributed by atoms with van der Waals surface area (Å²) in [5, 5.41) is 4.16. The van der Waals surface area contributed by atoms with Crippen molar-refractivity contribution < 1.29 is 9.53 Å². The number of rotatable bonds is 6. The van der Waals surface area contributed by atoms with Crippen molar-refractivity contribution in [1.82, 2.24) is 9.99 Å². The summed E-state index contributed by atoms with van der Waals surface area (Å²) in [6.07, 6.45) is 0.978. The first kappa shape index (κ1) is 20.6. The van der Waals surface area contributed by atoms with Crippen molar-refractivity contribution in [2.45, 2.75) is 33.8 Å². The van der Waals surface area contributed by atoms with E-state index >= 15 is 0 Å². The monoisotopic (exact) mass is 389 g/mol. The molecule has 0 unspecified atom stereocenters. The second kappa shape index (κ2) is 8.88. The largest absolute Gasteiger partial charge is 0.367 e. The van der Waals surface area contributed by atoms with Crippen LogP contribution in [0.25, 0.3) is 5.69 Å². The van der Waals surface area contributed by atoms with E-state index in [0.717, 1.165) is 28.2 Å². The minimum atomic E-state index is -0.698. The molecule has 0 aliphatic rings. The highest BCUT2D eigenvalue weighted by atomic mass is 16.5. The number of aryl methyl sites for hydroxylation is 3. The Kier molecular flexibility index (Phi) is 6.29. The van der Waals surface area contributed by atoms with Gasteiger partial charge in [0.1, 0.15) is 0 Å². The SMILES string of the molecule is CO[C@H](C(=O)N/N=C\c1cc(C)n(-c2ccc(C)c(C)c2)c1C)c1ccccc1.